The molecule has 1 aliphatic heterocycles. The Bertz CT molecular complexity index is 314. The maximum Gasteiger partial charge on any atom is 0.0682 e. The Labute approximate surface area is 82.4 Å². The monoisotopic (exact) mass is 195 g/mol. The molecule has 1 unspecified atom stereocenters. The molecule has 1 aliphatic rings. The van der Waals surface area contributed by atoms with Crippen molar-refractivity contribution >= 4 is 17.4 Å². The number of anilines is 1. The van der Waals surface area contributed by atoms with E-state index in [1.165, 1.54) is 4.90 Å². The second kappa shape index (κ2) is 3.60. The quantitative estimate of drug-likeness (QED) is 0.719. The van der Waals surface area contributed by atoms with Crippen LogP contribution in [0.15, 0.2) is 23.1 Å². The number of fused-ring (bicyclic) bond motifs is 1. The Hall–Kier alpha value is -0.670. The van der Waals surface area contributed by atoms with E-state index in [0.717, 1.165) is 17.8 Å². The summed E-state index contributed by atoms with van der Waals surface area (Å²) in [6.45, 7) is 3.34. The minimum Gasteiger partial charge on any atom is -0.392 e. The van der Waals surface area contributed by atoms with Crippen molar-refractivity contribution in [2.75, 3.05) is 11.9 Å². The molecule has 0 saturated carbocycles. The Morgan fingerprint density at radius 3 is 3.23 bits per heavy atom. The largest absolute Gasteiger partial charge is 0.392 e. The SMILES string of the molecule is CC1CNc2cc(CO)ccc2S1. The third-order valence-electron chi connectivity index (χ3n) is 2.13. The summed E-state index contributed by atoms with van der Waals surface area (Å²) >= 11 is 1.89. The van der Waals surface area contributed by atoms with Crippen LogP contribution in [0.3, 0.4) is 0 Å². The lowest BCUT2D eigenvalue weighted by Gasteiger charge is -2.23. The van der Waals surface area contributed by atoms with Crippen LogP contribution in [0.2, 0.25) is 0 Å². The van der Waals surface area contributed by atoms with Gasteiger partial charge in [0.25, 0.3) is 0 Å². The molecule has 1 atom stereocenters. The molecule has 0 bridgehead atoms. The number of hydrogen-bond acceptors (Lipinski definition) is 3. The van der Waals surface area contributed by atoms with Gasteiger partial charge in [0.15, 0.2) is 0 Å². The number of hydrogen-bond donors (Lipinski definition) is 2. The topological polar surface area (TPSA) is 32.3 Å². The van der Waals surface area contributed by atoms with E-state index in [0.29, 0.717) is 5.25 Å². The van der Waals surface area contributed by atoms with Gasteiger partial charge in [-0.3, -0.25) is 0 Å². The molecule has 1 aromatic rings. The third kappa shape index (κ3) is 1.81. The lowest BCUT2D eigenvalue weighted by atomic mass is 10.2. The van der Waals surface area contributed by atoms with Crippen LogP contribution in [0.4, 0.5) is 5.69 Å². The zero-order chi connectivity index (χ0) is 9.26. The molecule has 0 fully saturated rings. The standard InChI is InChI=1S/C10H13NOS/c1-7-5-11-9-4-8(6-12)2-3-10(9)13-7/h2-4,7,11-12H,5-6H2,1H3. The van der Waals surface area contributed by atoms with E-state index < -0.39 is 0 Å². The van der Waals surface area contributed by atoms with E-state index in [1.54, 1.807) is 0 Å². The molecule has 0 spiro atoms. The van der Waals surface area contributed by atoms with Crippen LogP contribution < -0.4 is 5.32 Å². The van der Waals surface area contributed by atoms with Gasteiger partial charge in [-0.05, 0) is 17.7 Å². The van der Waals surface area contributed by atoms with Gasteiger partial charge in [0.1, 0.15) is 0 Å². The predicted molar refractivity (Wildman–Crippen MR) is 56.2 cm³/mol. The molecule has 2 rings (SSSR count). The number of thioether (sulfide) groups is 1. The highest BCUT2D eigenvalue weighted by atomic mass is 32.2. The van der Waals surface area contributed by atoms with E-state index in [9.17, 15) is 0 Å². The van der Waals surface area contributed by atoms with Crippen molar-refractivity contribution < 1.29 is 5.11 Å². The van der Waals surface area contributed by atoms with E-state index >= 15 is 0 Å². The average molecular weight is 195 g/mol. The van der Waals surface area contributed by atoms with Crippen molar-refractivity contribution in [2.24, 2.45) is 0 Å². The van der Waals surface area contributed by atoms with Crippen molar-refractivity contribution in [1.82, 2.24) is 0 Å². The highest BCUT2D eigenvalue weighted by Crippen LogP contribution is 2.35. The van der Waals surface area contributed by atoms with Crippen molar-refractivity contribution in [1.29, 1.82) is 0 Å². The van der Waals surface area contributed by atoms with E-state index in [2.05, 4.69) is 18.3 Å². The summed E-state index contributed by atoms with van der Waals surface area (Å²) < 4.78 is 0. The van der Waals surface area contributed by atoms with Crippen molar-refractivity contribution in [3.05, 3.63) is 23.8 Å². The molecule has 2 nitrogen and oxygen atoms in total. The van der Waals surface area contributed by atoms with Gasteiger partial charge in [-0.2, -0.15) is 0 Å². The summed E-state index contributed by atoms with van der Waals surface area (Å²) in [5.41, 5.74) is 2.14. The highest BCUT2D eigenvalue weighted by Gasteiger charge is 2.14. The zero-order valence-corrected chi connectivity index (χ0v) is 8.40. The molecule has 13 heavy (non-hydrogen) atoms. The molecular weight excluding hydrogens is 182 g/mol. The molecule has 0 amide bonds. The van der Waals surface area contributed by atoms with Gasteiger partial charge in [0.05, 0.1) is 6.61 Å². The normalized spacial score (nSPS) is 20.6. The van der Waals surface area contributed by atoms with Gasteiger partial charge >= 0.3 is 0 Å². The van der Waals surface area contributed by atoms with Crippen molar-refractivity contribution in [3.8, 4) is 0 Å². The minimum absolute atomic E-state index is 0.120. The van der Waals surface area contributed by atoms with Crippen LogP contribution in [-0.4, -0.2) is 16.9 Å². The van der Waals surface area contributed by atoms with Crippen LogP contribution in [-0.2, 0) is 6.61 Å². The summed E-state index contributed by atoms with van der Waals surface area (Å²) in [5.74, 6) is 0. The third-order valence-corrected chi connectivity index (χ3v) is 3.31. The molecule has 0 saturated heterocycles. The first kappa shape index (κ1) is 8.91. The van der Waals surface area contributed by atoms with Gasteiger partial charge in [0.2, 0.25) is 0 Å². The van der Waals surface area contributed by atoms with E-state index in [4.69, 9.17) is 5.11 Å². The maximum atomic E-state index is 8.96. The smallest absolute Gasteiger partial charge is 0.0682 e. The van der Waals surface area contributed by atoms with Gasteiger partial charge in [0, 0.05) is 22.4 Å². The summed E-state index contributed by atoms with van der Waals surface area (Å²) in [6, 6.07) is 6.08. The van der Waals surface area contributed by atoms with E-state index in [-0.39, 0.29) is 6.61 Å². The Morgan fingerprint density at radius 1 is 1.62 bits per heavy atom. The molecule has 1 aromatic carbocycles. The number of benzene rings is 1. The second-order valence-corrected chi connectivity index (χ2v) is 4.78. The van der Waals surface area contributed by atoms with Crippen LogP contribution in [0.5, 0.6) is 0 Å². The van der Waals surface area contributed by atoms with E-state index in [1.807, 2.05) is 23.9 Å². The van der Waals surface area contributed by atoms with Crippen molar-refractivity contribution in [2.45, 2.75) is 23.7 Å². The summed E-state index contributed by atoms with van der Waals surface area (Å²) in [7, 11) is 0. The number of nitrogens with one attached hydrogen (secondary N) is 1. The molecule has 1 heterocycles. The van der Waals surface area contributed by atoms with Crippen LogP contribution in [0, 0.1) is 0 Å². The maximum absolute atomic E-state index is 8.96. The number of aliphatic hydroxyl groups excluding tert-OH is 1. The molecule has 3 heteroatoms. The van der Waals surface area contributed by atoms with Crippen molar-refractivity contribution in [3.63, 3.8) is 0 Å². The van der Waals surface area contributed by atoms with Gasteiger partial charge in [-0.25, -0.2) is 0 Å². The second-order valence-electron chi connectivity index (χ2n) is 3.30. The number of aliphatic hydroxyl groups is 1. The Kier molecular flexibility index (Phi) is 2.47. The molecule has 0 radical (unpaired) electrons. The molecule has 70 valence electrons. The first-order chi connectivity index (χ1) is 6.29. The first-order valence-electron chi connectivity index (χ1n) is 4.44. The Morgan fingerprint density at radius 2 is 2.46 bits per heavy atom. The lowest BCUT2D eigenvalue weighted by Crippen LogP contribution is -2.18. The fraction of sp³-hybridized carbons (Fsp3) is 0.400. The molecule has 2 N–H and O–H groups in total. The first-order valence-corrected chi connectivity index (χ1v) is 5.32. The van der Waals surface area contributed by atoms with Gasteiger partial charge < -0.3 is 10.4 Å². The molecular formula is C10H13NOS. The Balaban J connectivity index is 2.31. The summed E-state index contributed by atoms with van der Waals surface area (Å²) in [5, 5.41) is 12.9. The average Bonchev–Trinajstić information content (AvgIpc) is 2.17. The summed E-state index contributed by atoms with van der Waals surface area (Å²) in [4.78, 5) is 1.29. The molecule has 0 aliphatic carbocycles. The highest BCUT2D eigenvalue weighted by molar-refractivity contribution is 8.00. The van der Waals surface area contributed by atoms with Crippen LogP contribution in [0.25, 0.3) is 0 Å². The van der Waals surface area contributed by atoms with Gasteiger partial charge in [-0.1, -0.05) is 13.0 Å². The van der Waals surface area contributed by atoms with Gasteiger partial charge in [-0.15, -0.1) is 11.8 Å². The number of rotatable bonds is 1. The predicted octanol–water partition coefficient (Wildman–Crippen LogP) is 2.08. The fourth-order valence-corrected chi connectivity index (χ4v) is 2.43. The summed E-state index contributed by atoms with van der Waals surface area (Å²) in [6.07, 6.45) is 0. The van der Waals surface area contributed by atoms with Crippen LogP contribution in [0.1, 0.15) is 12.5 Å². The minimum atomic E-state index is 0.120. The van der Waals surface area contributed by atoms with Crippen LogP contribution >= 0.6 is 11.8 Å². The lowest BCUT2D eigenvalue weighted by molar-refractivity contribution is 0.282. The molecule has 0 aromatic heterocycles. The zero-order valence-electron chi connectivity index (χ0n) is 7.58. The fourth-order valence-electron chi connectivity index (χ4n) is 1.43.